The Morgan fingerprint density at radius 1 is 1.11 bits per heavy atom. The van der Waals surface area contributed by atoms with Crippen molar-refractivity contribution in [3.63, 3.8) is 0 Å². The normalized spacial score (nSPS) is 11.4. The summed E-state index contributed by atoms with van der Waals surface area (Å²) < 4.78 is 25.6. The van der Waals surface area contributed by atoms with Crippen molar-refractivity contribution in [1.82, 2.24) is 4.31 Å². The molecule has 98 valence electrons. The Hall–Kier alpha value is -1.39. The largest absolute Gasteiger partial charge is 0.217 e. The first kappa shape index (κ1) is 14.7. The zero-order chi connectivity index (χ0) is 13.4. The van der Waals surface area contributed by atoms with Crippen LogP contribution in [-0.2, 0) is 16.6 Å². The summed E-state index contributed by atoms with van der Waals surface area (Å²) in [6.45, 7) is 7.96. The van der Waals surface area contributed by atoms with Crippen molar-refractivity contribution in [3.8, 4) is 0 Å². The summed E-state index contributed by atoms with van der Waals surface area (Å²) >= 11 is 0. The van der Waals surface area contributed by atoms with E-state index in [0.717, 1.165) is 5.56 Å². The highest BCUT2D eigenvalue weighted by Gasteiger charge is 2.19. The van der Waals surface area contributed by atoms with E-state index in [1.807, 2.05) is 30.3 Å². The van der Waals surface area contributed by atoms with E-state index in [1.54, 1.807) is 6.08 Å². The van der Waals surface area contributed by atoms with Crippen LogP contribution in [0.1, 0.15) is 12.0 Å². The summed E-state index contributed by atoms with van der Waals surface area (Å²) in [7, 11) is -3.28. The molecule has 0 bridgehead atoms. The van der Waals surface area contributed by atoms with Gasteiger partial charge >= 0.3 is 0 Å². The molecule has 0 aromatic heterocycles. The van der Waals surface area contributed by atoms with Crippen LogP contribution in [0.25, 0.3) is 0 Å². The number of rotatable bonds is 8. The molecule has 0 radical (unpaired) electrons. The lowest BCUT2D eigenvalue weighted by Gasteiger charge is -2.21. The number of hydrogen-bond acceptors (Lipinski definition) is 2. The molecule has 0 heterocycles. The fraction of sp³-hybridized carbons (Fsp3) is 0.286. The smallest absolute Gasteiger partial charge is 0.212 e. The first-order valence-electron chi connectivity index (χ1n) is 5.83. The van der Waals surface area contributed by atoms with E-state index in [9.17, 15) is 8.42 Å². The van der Waals surface area contributed by atoms with Gasteiger partial charge in [-0.15, -0.1) is 13.2 Å². The summed E-state index contributed by atoms with van der Waals surface area (Å²) in [5, 5.41) is 0. The van der Waals surface area contributed by atoms with Crippen LogP contribution >= 0.6 is 0 Å². The molecule has 0 unspecified atom stereocenters. The summed E-state index contributed by atoms with van der Waals surface area (Å²) in [6, 6.07) is 9.56. The average Bonchev–Trinajstić information content (AvgIpc) is 2.35. The van der Waals surface area contributed by atoms with E-state index in [4.69, 9.17) is 0 Å². The third kappa shape index (κ3) is 4.47. The minimum absolute atomic E-state index is 0.0308. The van der Waals surface area contributed by atoms with Crippen LogP contribution in [0.2, 0.25) is 0 Å². The molecule has 0 saturated carbocycles. The molecule has 0 N–H and O–H groups in total. The molecule has 0 fully saturated rings. The van der Waals surface area contributed by atoms with E-state index in [0.29, 0.717) is 19.5 Å². The molecule has 0 spiro atoms. The monoisotopic (exact) mass is 265 g/mol. The molecule has 18 heavy (non-hydrogen) atoms. The lowest BCUT2D eigenvalue weighted by molar-refractivity contribution is 0.414. The lowest BCUT2D eigenvalue weighted by Crippen LogP contribution is -2.32. The van der Waals surface area contributed by atoms with Gasteiger partial charge in [0.1, 0.15) is 0 Å². The van der Waals surface area contributed by atoms with Crippen molar-refractivity contribution in [2.45, 2.75) is 13.0 Å². The van der Waals surface area contributed by atoms with Crippen molar-refractivity contribution in [3.05, 3.63) is 61.2 Å². The second kappa shape index (κ2) is 7.13. The van der Waals surface area contributed by atoms with E-state index in [1.165, 1.54) is 10.4 Å². The minimum atomic E-state index is -3.28. The Labute approximate surface area is 109 Å². The molecule has 1 rings (SSSR count). The maximum absolute atomic E-state index is 12.1. The van der Waals surface area contributed by atoms with Gasteiger partial charge in [-0.05, 0) is 12.0 Å². The molecule has 0 aliphatic heterocycles. The fourth-order valence-electron chi connectivity index (χ4n) is 1.59. The van der Waals surface area contributed by atoms with E-state index in [2.05, 4.69) is 13.2 Å². The van der Waals surface area contributed by atoms with Crippen LogP contribution in [0.15, 0.2) is 55.6 Å². The molecule has 0 amide bonds. The highest BCUT2D eigenvalue weighted by atomic mass is 32.2. The zero-order valence-electron chi connectivity index (χ0n) is 10.5. The predicted octanol–water partition coefficient (Wildman–Crippen LogP) is 2.58. The topological polar surface area (TPSA) is 37.4 Å². The van der Waals surface area contributed by atoms with Gasteiger partial charge in [0, 0.05) is 13.1 Å². The Balaban J connectivity index is 2.85. The Morgan fingerprint density at radius 3 is 2.33 bits per heavy atom. The number of nitrogens with zero attached hydrogens (tertiary/aromatic N) is 1. The highest BCUT2D eigenvalue weighted by molar-refractivity contribution is 7.89. The molecule has 4 heteroatoms. The molecule has 0 atom stereocenters. The van der Waals surface area contributed by atoms with Crippen molar-refractivity contribution in [2.75, 3.05) is 12.3 Å². The highest BCUT2D eigenvalue weighted by Crippen LogP contribution is 2.11. The van der Waals surface area contributed by atoms with E-state index in [-0.39, 0.29) is 5.75 Å². The number of benzene rings is 1. The van der Waals surface area contributed by atoms with E-state index >= 15 is 0 Å². The number of sulfonamides is 1. The molecular weight excluding hydrogens is 246 g/mol. The first-order chi connectivity index (χ1) is 8.60. The molecule has 0 saturated heterocycles. The van der Waals surface area contributed by atoms with Crippen LogP contribution in [0.4, 0.5) is 0 Å². The van der Waals surface area contributed by atoms with Gasteiger partial charge in [0.15, 0.2) is 0 Å². The van der Waals surface area contributed by atoms with Gasteiger partial charge in [-0.25, -0.2) is 8.42 Å². The quantitative estimate of drug-likeness (QED) is 0.677. The predicted molar refractivity (Wildman–Crippen MR) is 75.6 cm³/mol. The van der Waals surface area contributed by atoms with Gasteiger partial charge in [-0.3, -0.25) is 0 Å². The van der Waals surface area contributed by atoms with Crippen LogP contribution in [-0.4, -0.2) is 25.0 Å². The van der Waals surface area contributed by atoms with Gasteiger partial charge in [0.05, 0.1) is 5.75 Å². The molecule has 0 aliphatic carbocycles. The minimum Gasteiger partial charge on any atom is -0.212 e. The van der Waals surface area contributed by atoms with Gasteiger partial charge in [-0.1, -0.05) is 42.5 Å². The van der Waals surface area contributed by atoms with Crippen LogP contribution in [0.3, 0.4) is 0 Å². The van der Waals surface area contributed by atoms with Crippen LogP contribution < -0.4 is 0 Å². The van der Waals surface area contributed by atoms with Gasteiger partial charge in [0.25, 0.3) is 0 Å². The standard InChI is InChI=1S/C14H19NO2S/c1-3-5-11-15(18(16,17)12-4-2)13-14-9-7-6-8-10-14/h3-4,6-10H,1-2,5,11-13H2. The third-order valence-electron chi connectivity index (χ3n) is 2.51. The molecule has 1 aromatic rings. The molecule has 3 nitrogen and oxygen atoms in total. The Morgan fingerprint density at radius 2 is 1.78 bits per heavy atom. The van der Waals surface area contributed by atoms with Crippen molar-refractivity contribution >= 4 is 10.0 Å². The van der Waals surface area contributed by atoms with Gasteiger partial charge in [-0.2, -0.15) is 4.31 Å². The Bertz CT molecular complexity index is 480. The summed E-state index contributed by atoms with van der Waals surface area (Å²) in [5.74, 6) is -0.0308. The molecular formula is C14H19NO2S. The number of hydrogen-bond donors (Lipinski definition) is 0. The Kier molecular flexibility index (Phi) is 5.82. The maximum atomic E-state index is 12.1. The fourth-order valence-corrected chi connectivity index (χ4v) is 2.83. The summed E-state index contributed by atoms with van der Waals surface area (Å²) in [4.78, 5) is 0. The molecule has 1 aromatic carbocycles. The first-order valence-corrected chi connectivity index (χ1v) is 7.44. The van der Waals surface area contributed by atoms with Crippen LogP contribution in [0.5, 0.6) is 0 Å². The SMILES string of the molecule is C=CCCN(Cc1ccccc1)S(=O)(=O)CC=C. The lowest BCUT2D eigenvalue weighted by atomic mass is 10.2. The van der Waals surface area contributed by atoms with Crippen molar-refractivity contribution in [1.29, 1.82) is 0 Å². The third-order valence-corrected chi connectivity index (χ3v) is 4.26. The second-order valence-electron chi connectivity index (χ2n) is 3.96. The maximum Gasteiger partial charge on any atom is 0.217 e. The summed E-state index contributed by atoms with van der Waals surface area (Å²) in [6.07, 6.45) is 3.78. The molecule has 0 aliphatic rings. The summed E-state index contributed by atoms with van der Waals surface area (Å²) in [5.41, 5.74) is 0.981. The second-order valence-corrected chi connectivity index (χ2v) is 5.98. The average molecular weight is 265 g/mol. The van der Waals surface area contributed by atoms with Crippen molar-refractivity contribution < 1.29 is 8.42 Å². The van der Waals surface area contributed by atoms with Crippen LogP contribution in [0, 0.1) is 0 Å². The van der Waals surface area contributed by atoms with Crippen molar-refractivity contribution in [2.24, 2.45) is 0 Å². The zero-order valence-corrected chi connectivity index (χ0v) is 11.3. The van der Waals surface area contributed by atoms with E-state index < -0.39 is 10.0 Å². The van der Waals surface area contributed by atoms with Gasteiger partial charge in [0.2, 0.25) is 10.0 Å². The van der Waals surface area contributed by atoms with Gasteiger partial charge < -0.3 is 0 Å².